The van der Waals surface area contributed by atoms with E-state index in [4.69, 9.17) is 4.74 Å². The van der Waals surface area contributed by atoms with Crippen LogP contribution < -0.4 is 10.1 Å². The summed E-state index contributed by atoms with van der Waals surface area (Å²) >= 11 is 2.31. The molecule has 1 N–H and O–H groups in total. The fraction of sp³-hybridized carbons (Fsp3) is 0.333. The van der Waals surface area contributed by atoms with Gasteiger partial charge in [0.1, 0.15) is 12.4 Å². The van der Waals surface area contributed by atoms with E-state index in [0.717, 1.165) is 12.3 Å². The molecule has 2 aromatic rings. The molecule has 0 radical (unpaired) electrons. The topological polar surface area (TPSA) is 21.3 Å². The van der Waals surface area contributed by atoms with Crippen LogP contribution in [0.1, 0.15) is 36.6 Å². The second-order valence-corrected chi connectivity index (χ2v) is 6.48. The SMILES string of the molecule is CCNC(C)c1cc(C)ccc1OCc1ccc(I)cc1. The Morgan fingerprint density at radius 1 is 1.14 bits per heavy atom. The Balaban J connectivity index is 2.13. The van der Waals surface area contributed by atoms with Gasteiger partial charge in [-0.15, -0.1) is 0 Å². The number of ether oxygens (including phenoxy) is 1. The monoisotopic (exact) mass is 395 g/mol. The van der Waals surface area contributed by atoms with Gasteiger partial charge in [-0.1, -0.05) is 36.8 Å². The Hall–Kier alpha value is -1.07. The zero-order chi connectivity index (χ0) is 15.2. The van der Waals surface area contributed by atoms with Gasteiger partial charge in [0.15, 0.2) is 0 Å². The number of hydrogen-bond acceptors (Lipinski definition) is 2. The third kappa shape index (κ3) is 4.71. The van der Waals surface area contributed by atoms with Gasteiger partial charge in [0.05, 0.1) is 0 Å². The van der Waals surface area contributed by atoms with Crippen molar-refractivity contribution in [1.29, 1.82) is 0 Å². The molecule has 0 spiro atoms. The van der Waals surface area contributed by atoms with Gasteiger partial charge in [0.25, 0.3) is 0 Å². The lowest BCUT2D eigenvalue weighted by Crippen LogP contribution is -2.18. The molecule has 112 valence electrons. The highest BCUT2D eigenvalue weighted by Crippen LogP contribution is 2.27. The first-order valence-corrected chi connectivity index (χ1v) is 8.39. The van der Waals surface area contributed by atoms with Crippen molar-refractivity contribution in [2.45, 2.75) is 33.4 Å². The average Bonchev–Trinajstić information content (AvgIpc) is 2.48. The lowest BCUT2D eigenvalue weighted by molar-refractivity contribution is 0.300. The van der Waals surface area contributed by atoms with Crippen LogP contribution in [0.5, 0.6) is 5.75 Å². The molecule has 3 heteroatoms. The maximum absolute atomic E-state index is 6.04. The fourth-order valence-electron chi connectivity index (χ4n) is 2.30. The van der Waals surface area contributed by atoms with Crippen LogP contribution in [0, 0.1) is 10.5 Å². The summed E-state index contributed by atoms with van der Waals surface area (Å²) in [6, 6.07) is 15.1. The normalized spacial score (nSPS) is 12.2. The number of rotatable bonds is 6. The van der Waals surface area contributed by atoms with Crippen LogP contribution >= 0.6 is 22.6 Å². The molecule has 1 unspecified atom stereocenters. The van der Waals surface area contributed by atoms with Crippen LogP contribution in [0.3, 0.4) is 0 Å². The summed E-state index contributed by atoms with van der Waals surface area (Å²) in [5.74, 6) is 0.965. The van der Waals surface area contributed by atoms with E-state index >= 15 is 0 Å². The fourth-order valence-corrected chi connectivity index (χ4v) is 2.66. The van der Waals surface area contributed by atoms with Gasteiger partial charge >= 0.3 is 0 Å². The van der Waals surface area contributed by atoms with Gasteiger partial charge in [-0.3, -0.25) is 0 Å². The van der Waals surface area contributed by atoms with E-state index in [9.17, 15) is 0 Å². The van der Waals surface area contributed by atoms with Crippen molar-refractivity contribution < 1.29 is 4.74 Å². The van der Waals surface area contributed by atoms with E-state index in [1.54, 1.807) is 0 Å². The van der Waals surface area contributed by atoms with Crippen molar-refractivity contribution in [3.63, 3.8) is 0 Å². The number of nitrogens with one attached hydrogen (secondary N) is 1. The Kier molecular flexibility index (Phi) is 6.06. The smallest absolute Gasteiger partial charge is 0.124 e. The van der Waals surface area contributed by atoms with Crippen molar-refractivity contribution >= 4 is 22.6 Å². The second kappa shape index (κ2) is 7.80. The van der Waals surface area contributed by atoms with E-state index in [1.807, 2.05) is 0 Å². The molecule has 0 saturated heterocycles. The number of benzene rings is 2. The highest BCUT2D eigenvalue weighted by atomic mass is 127. The van der Waals surface area contributed by atoms with Crippen LogP contribution in [-0.4, -0.2) is 6.54 Å². The predicted octanol–water partition coefficient (Wildman–Crippen LogP) is 4.85. The predicted molar refractivity (Wildman–Crippen MR) is 96.8 cm³/mol. The molecule has 0 fully saturated rings. The van der Waals surface area contributed by atoms with Crippen LogP contribution in [0.15, 0.2) is 42.5 Å². The Bertz CT molecular complexity index is 580. The molecule has 1 atom stereocenters. The molecule has 0 heterocycles. The number of hydrogen-bond donors (Lipinski definition) is 1. The van der Waals surface area contributed by atoms with Crippen LogP contribution in [0.2, 0.25) is 0 Å². The third-order valence-corrected chi connectivity index (χ3v) is 4.17. The van der Waals surface area contributed by atoms with Gasteiger partial charge < -0.3 is 10.1 Å². The maximum atomic E-state index is 6.04. The maximum Gasteiger partial charge on any atom is 0.124 e. The summed E-state index contributed by atoms with van der Waals surface area (Å²) in [5.41, 5.74) is 3.68. The highest BCUT2D eigenvalue weighted by molar-refractivity contribution is 14.1. The molecule has 21 heavy (non-hydrogen) atoms. The standard InChI is InChI=1S/C18H22INO/c1-4-20-14(3)17-11-13(2)5-10-18(17)21-12-15-6-8-16(19)9-7-15/h5-11,14,20H,4,12H2,1-3H3. The van der Waals surface area contributed by atoms with Crippen molar-refractivity contribution in [2.24, 2.45) is 0 Å². The van der Waals surface area contributed by atoms with Gasteiger partial charge in [-0.2, -0.15) is 0 Å². The van der Waals surface area contributed by atoms with E-state index in [2.05, 4.69) is 91.1 Å². The molecule has 0 aromatic heterocycles. The van der Waals surface area contributed by atoms with E-state index in [0.29, 0.717) is 12.6 Å². The number of aryl methyl sites for hydroxylation is 1. The molecule has 2 nitrogen and oxygen atoms in total. The van der Waals surface area contributed by atoms with Crippen molar-refractivity contribution in [3.05, 3.63) is 62.7 Å². The van der Waals surface area contributed by atoms with Crippen LogP contribution in [0.25, 0.3) is 0 Å². The zero-order valence-electron chi connectivity index (χ0n) is 12.8. The van der Waals surface area contributed by atoms with Gasteiger partial charge in [-0.25, -0.2) is 0 Å². The van der Waals surface area contributed by atoms with E-state index in [-0.39, 0.29) is 0 Å². The van der Waals surface area contributed by atoms with Gasteiger partial charge in [-0.05, 0) is 66.7 Å². The number of halogens is 1. The molecule has 0 aliphatic carbocycles. The summed E-state index contributed by atoms with van der Waals surface area (Å²) in [6.45, 7) is 7.97. The highest BCUT2D eigenvalue weighted by Gasteiger charge is 2.11. The molecule has 2 aromatic carbocycles. The van der Waals surface area contributed by atoms with E-state index in [1.165, 1.54) is 20.3 Å². The largest absolute Gasteiger partial charge is 0.489 e. The Morgan fingerprint density at radius 2 is 1.86 bits per heavy atom. The molecule has 0 bridgehead atoms. The third-order valence-electron chi connectivity index (χ3n) is 3.45. The Morgan fingerprint density at radius 3 is 2.52 bits per heavy atom. The first-order chi connectivity index (χ1) is 10.1. The summed E-state index contributed by atoms with van der Waals surface area (Å²) in [4.78, 5) is 0. The van der Waals surface area contributed by atoms with Crippen molar-refractivity contribution in [3.8, 4) is 5.75 Å². The second-order valence-electron chi connectivity index (χ2n) is 5.24. The molecule has 0 aliphatic heterocycles. The molecule has 2 rings (SSSR count). The zero-order valence-corrected chi connectivity index (χ0v) is 15.0. The molecular formula is C18H22INO. The average molecular weight is 395 g/mol. The lowest BCUT2D eigenvalue weighted by Gasteiger charge is -2.18. The minimum Gasteiger partial charge on any atom is -0.489 e. The van der Waals surface area contributed by atoms with Crippen molar-refractivity contribution in [1.82, 2.24) is 5.32 Å². The Labute approximate surface area is 141 Å². The minimum atomic E-state index is 0.293. The van der Waals surface area contributed by atoms with Gasteiger partial charge in [0.2, 0.25) is 0 Å². The molecule has 0 amide bonds. The first kappa shape index (κ1) is 16.3. The van der Waals surface area contributed by atoms with Crippen molar-refractivity contribution in [2.75, 3.05) is 6.54 Å². The summed E-state index contributed by atoms with van der Waals surface area (Å²) in [6.07, 6.45) is 0. The lowest BCUT2D eigenvalue weighted by atomic mass is 10.0. The first-order valence-electron chi connectivity index (χ1n) is 7.31. The molecular weight excluding hydrogens is 373 g/mol. The van der Waals surface area contributed by atoms with E-state index < -0.39 is 0 Å². The minimum absolute atomic E-state index is 0.293. The summed E-state index contributed by atoms with van der Waals surface area (Å²) in [7, 11) is 0. The quantitative estimate of drug-likeness (QED) is 0.707. The van der Waals surface area contributed by atoms with Crippen LogP contribution in [0.4, 0.5) is 0 Å². The molecule has 0 aliphatic rings. The van der Waals surface area contributed by atoms with Crippen LogP contribution in [-0.2, 0) is 6.61 Å². The molecule has 0 saturated carbocycles. The summed E-state index contributed by atoms with van der Waals surface area (Å²) < 4.78 is 7.29. The van der Waals surface area contributed by atoms with Gasteiger partial charge in [0, 0.05) is 15.2 Å². The summed E-state index contributed by atoms with van der Waals surface area (Å²) in [5, 5.41) is 3.45.